The van der Waals surface area contributed by atoms with Crippen LogP contribution in [0.2, 0.25) is 0 Å². The van der Waals surface area contributed by atoms with Gasteiger partial charge in [0.25, 0.3) is 0 Å². The van der Waals surface area contributed by atoms with Gasteiger partial charge in [-0.25, -0.2) is 0 Å². The van der Waals surface area contributed by atoms with E-state index in [2.05, 4.69) is 5.32 Å². The van der Waals surface area contributed by atoms with Crippen molar-refractivity contribution in [3.8, 4) is 11.5 Å². The number of hydrogen-bond donors (Lipinski definition) is 1. The number of rotatable bonds is 6. The number of hydrogen-bond acceptors (Lipinski definition) is 4. The topological polar surface area (TPSA) is 39.7 Å². The van der Waals surface area contributed by atoms with E-state index in [0.29, 0.717) is 12.7 Å². The average molecular weight is 251 g/mol. The summed E-state index contributed by atoms with van der Waals surface area (Å²) in [7, 11) is 1.65. The summed E-state index contributed by atoms with van der Waals surface area (Å²) in [6.07, 6.45) is 2.64. The molecule has 1 aromatic carbocycles. The van der Waals surface area contributed by atoms with Crippen LogP contribution in [0.3, 0.4) is 0 Å². The largest absolute Gasteiger partial charge is 0.493 e. The maximum Gasteiger partial charge on any atom is 0.163 e. The zero-order valence-corrected chi connectivity index (χ0v) is 11.1. The Balaban J connectivity index is 1.96. The Kier molecular flexibility index (Phi) is 4.70. The Hall–Kier alpha value is -1.42. The van der Waals surface area contributed by atoms with Crippen molar-refractivity contribution in [2.75, 3.05) is 32.2 Å². The number of nitrogens with one attached hydrogen (secondary N) is 1. The number of benzene rings is 1. The molecular formula is C14H21NO3. The van der Waals surface area contributed by atoms with Crippen molar-refractivity contribution in [1.29, 1.82) is 0 Å². The lowest BCUT2D eigenvalue weighted by molar-refractivity contribution is 0.120. The van der Waals surface area contributed by atoms with Crippen LogP contribution in [0, 0.1) is 0 Å². The van der Waals surface area contributed by atoms with Crippen LogP contribution in [0.4, 0.5) is 5.69 Å². The van der Waals surface area contributed by atoms with Crippen LogP contribution in [0.15, 0.2) is 18.2 Å². The van der Waals surface area contributed by atoms with Gasteiger partial charge < -0.3 is 19.5 Å². The second kappa shape index (κ2) is 6.50. The van der Waals surface area contributed by atoms with Crippen molar-refractivity contribution >= 4 is 5.69 Å². The van der Waals surface area contributed by atoms with Crippen LogP contribution in [-0.4, -0.2) is 33.0 Å². The minimum atomic E-state index is 0.336. The van der Waals surface area contributed by atoms with Gasteiger partial charge in [0.2, 0.25) is 0 Å². The standard InChI is InChI=1S/C14H21NO3/c1-3-17-14-9-11(6-7-13(14)16-2)15-10-12-5-4-8-18-12/h6-7,9,12,15H,3-5,8,10H2,1-2H3. The molecule has 0 saturated carbocycles. The van der Waals surface area contributed by atoms with E-state index in [1.165, 1.54) is 6.42 Å². The summed E-state index contributed by atoms with van der Waals surface area (Å²) in [4.78, 5) is 0. The molecule has 18 heavy (non-hydrogen) atoms. The summed E-state index contributed by atoms with van der Waals surface area (Å²) in [6, 6.07) is 5.89. The van der Waals surface area contributed by atoms with Gasteiger partial charge in [0.05, 0.1) is 19.8 Å². The van der Waals surface area contributed by atoms with Crippen LogP contribution >= 0.6 is 0 Å². The molecule has 2 rings (SSSR count). The molecule has 1 atom stereocenters. The Bertz CT molecular complexity index is 375. The smallest absolute Gasteiger partial charge is 0.163 e. The second-order valence-corrected chi connectivity index (χ2v) is 4.31. The minimum absolute atomic E-state index is 0.336. The fraction of sp³-hybridized carbons (Fsp3) is 0.571. The van der Waals surface area contributed by atoms with Crippen LogP contribution < -0.4 is 14.8 Å². The molecule has 4 nitrogen and oxygen atoms in total. The fourth-order valence-corrected chi connectivity index (χ4v) is 2.09. The zero-order valence-electron chi connectivity index (χ0n) is 11.1. The van der Waals surface area contributed by atoms with Gasteiger partial charge in [0.1, 0.15) is 0 Å². The number of anilines is 1. The molecule has 100 valence electrons. The summed E-state index contributed by atoms with van der Waals surface area (Å²) in [5.41, 5.74) is 1.04. The molecular weight excluding hydrogens is 230 g/mol. The van der Waals surface area contributed by atoms with Crippen molar-refractivity contribution in [2.45, 2.75) is 25.9 Å². The molecule has 1 N–H and O–H groups in total. The molecule has 1 unspecified atom stereocenters. The van der Waals surface area contributed by atoms with Gasteiger partial charge in [0.15, 0.2) is 11.5 Å². The van der Waals surface area contributed by atoms with E-state index >= 15 is 0 Å². The first kappa shape index (κ1) is 13.0. The number of ether oxygens (including phenoxy) is 3. The summed E-state index contributed by atoms with van der Waals surface area (Å²) >= 11 is 0. The third-order valence-electron chi connectivity index (χ3n) is 3.02. The maximum atomic E-state index is 5.58. The maximum absolute atomic E-state index is 5.58. The molecule has 1 saturated heterocycles. The van der Waals surface area contributed by atoms with Gasteiger partial charge in [-0.15, -0.1) is 0 Å². The molecule has 4 heteroatoms. The molecule has 0 spiro atoms. The third kappa shape index (κ3) is 3.29. The normalized spacial score (nSPS) is 18.7. The molecule has 0 amide bonds. The van der Waals surface area contributed by atoms with E-state index in [1.807, 2.05) is 25.1 Å². The van der Waals surface area contributed by atoms with Crippen molar-refractivity contribution in [1.82, 2.24) is 0 Å². The van der Waals surface area contributed by atoms with Crippen molar-refractivity contribution in [3.05, 3.63) is 18.2 Å². The SMILES string of the molecule is CCOc1cc(NCC2CCCO2)ccc1OC. The molecule has 1 aliphatic rings. The predicted molar refractivity (Wildman–Crippen MR) is 71.6 cm³/mol. The number of methoxy groups -OCH3 is 1. The molecule has 1 aliphatic heterocycles. The van der Waals surface area contributed by atoms with E-state index in [1.54, 1.807) is 7.11 Å². The van der Waals surface area contributed by atoms with Gasteiger partial charge in [-0.1, -0.05) is 0 Å². The van der Waals surface area contributed by atoms with Gasteiger partial charge >= 0.3 is 0 Å². The molecule has 0 aromatic heterocycles. The van der Waals surface area contributed by atoms with Gasteiger partial charge in [-0.05, 0) is 31.9 Å². The summed E-state index contributed by atoms with van der Waals surface area (Å²) in [5, 5.41) is 3.38. The van der Waals surface area contributed by atoms with Crippen LogP contribution in [-0.2, 0) is 4.74 Å². The minimum Gasteiger partial charge on any atom is -0.493 e. The Morgan fingerprint density at radius 1 is 1.39 bits per heavy atom. The van der Waals surface area contributed by atoms with E-state index in [0.717, 1.165) is 36.8 Å². The van der Waals surface area contributed by atoms with Crippen LogP contribution in [0.1, 0.15) is 19.8 Å². The lowest BCUT2D eigenvalue weighted by Crippen LogP contribution is -2.18. The first-order valence-corrected chi connectivity index (χ1v) is 6.49. The van der Waals surface area contributed by atoms with Gasteiger partial charge in [-0.2, -0.15) is 0 Å². The molecule has 0 bridgehead atoms. The van der Waals surface area contributed by atoms with Crippen LogP contribution in [0.25, 0.3) is 0 Å². The summed E-state index contributed by atoms with van der Waals surface area (Å²) in [6.45, 7) is 4.33. The fourth-order valence-electron chi connectivity index (χ4n) is 2.09. The monoisotopic (exact) mass is 251 g/mol. The summed E-state index contributed by atoms with van der Waals surface area (Å²) < 4.78 is 16.4. The van der Waals surface area contributed by atoms with Gasteiger partial charge in [-0.3, -0.25) is 0 Å². The lowest BCUT2D eigenvalue weighted by Gasteiger charge is -2.14. The first-order chi connectivity index (χ1) is 8.83. The molecule has 1 fully saturated rings. The Morgan fingerprint density at radius 3 is 2.94 bits per heavy atom. The third-order valence-corrected chi connectivity index (χ3v) is 3.02. The molecule has 1 aromatic rings. The van der Waals surface area contributed by atoms with Gasteiger partial charge in [0, 0.05) is 24.9 Å². The highest BCUT2D eigenvalue weighted by Crippen LogP contribution is 2.30. The molecule has 0 radical (unpaired) electrons. The highest BCUT2D eigenvalue weighted by atomic mass is 16.5. The molecule has 1 heterocycles. The Labute approximate surface area is 108 Å². The van der Waals surface area contributed by atoms with E-state index in [-0.39, 0.29) is 0 Å². The molecule has 0 aliphatic carbocycles. The van der Waals surface area contributed by atoms with E-state index in [4.69, 9.17) is 14.2 Å². The highest BCUT2D eigenvalue weighted by molar-refractivity contribution is 5.54. The summed E-state index contributed by atoms with van der Waals surface area (Å²) in [5.74, 6) is 1.54. The van der Waals surface area contributed by atoms with Crippen molar-refractivity contribution in [3.63, 3.8) is 0 Å². The lowest BCUT2D eigenvalue weighted by atomic mass is 10.2. The van der Waals surface area contributed by atoms with Crippen molar-refractivity contribution < 1.29 is 14.2 Å². The highest BCUT2D eigenvalue weighted by Gasteiger charge is 2.15. The van der Waals surface area contributed by atoms with E-state index < -0.39 is 0 Å². The second-order valence-electron chi connectivity index (χ2n) is 4.31. The zero-order chi connectivity index (χ0) is 12.8. The van der Waals surface area contributed by atoms with Crippen molar-refractivity contribution in [2.24, 2.45) is 0 Å². The average Bonchev–Trinajstić information content (AvgIpc) is 2.90. The Morgan fingerprint density at radius 2 is 2.28 bits per heavy atom. The predicted octanol–water partition coefficient (Wildman–Crippen LogP) is 2.68. The quantitative estimate of drug-likeness (QED) is 0.843. The van der Waals surface area contributed by atoms with Crippen LogP contribution in [0.5, 0.6) is 11.5 Å². The first-order valence-electron chi connectivity index (χ1n) is 6.49. The van der Waals surface area contributed by atoms with E-state index in [9.17, 15) is 0 Å².